The van der Waals surface area contributed by atoms with Gasteiger partial charge in [-0.3, -0.25) is 9.05 Å². The molecule has 3 heterocycles. The molecule has 1 aromatic carbocycles. The Hall–Kier alpha value is -0.990. The van der Waals surface area contributed by atoms with Crippen molar-refractivity contribution in [1.29, 1.82) is 0 Å². The van der Waals surface area contributed by atoms with Crippen LogP contribution in [0, 0.1) is 0 Å². The van der Waals surface area contributed by atoms with Crippen molar-refractivity contribution in [2.24, 2.45) is 0 Å². The summed E-state index contributed by atoms with van der Waals surface area (Å²) in [5.41, 5.74) is 0. The lowest BCUT2D eigenvalue weighted by atomic mass is 10.1. The maximum Gasteiger partial charge on any atom is 0.530 e. The minimum absolute atomic E-state index is 0.0170. The molecule has 9 heteroatoms. The van der Waals surface area contributed by atoms with E-state index in [2.05, 4.69) is 0 Å². The van der Waals surface area contributed by atoms with Crippen LogP contribution >= 0.6 is 7.82 Å². The van der Waals surface area contributed by atoms with Crippen LogP contribution in [0.25, 0.3) is 0 Å². The third-order valence-corrected chi connectivity index (χ3v) is 5.93. The molecule has 0 aromatic heterocycles. The minimum atomic E-state index is -3.91. The van der Waals surface area contributed by atoms with E-state index in [-0.39, 0.29) is 12.7 Å². The Morgan fingerprint density at radius 1 is 1.07 bits per heavy atom. The molecule has 0 unspecified atom stereocenters. The second-order valence-electron chi connectivity index (χ2n) is 7.52. The quantitative estimate of drug-likeness (QED) is 0.697. The number of ether oxygens (including phenoxy) is 4. The van der Waals surface area contributed by atoms with Crippen LogP contribution in [0.15, 0.2) is 30.3 Å². The van der Waals surface area contributed by atoms with Crippen LogP contribution in [0.2, 0.25) is 0 Å². The van der Waals surface area contributed by atoms with Crippen LogP contribution < -0.4 is 4.52 Å². The number of hydrogen-bond acceptors (Lipinski definition) is 8. The topological polar surface area (TPSA) is 81.7 Å². The van der Waals surface area contributed by atoms with E-state index >= 15 is 0 Å². The van der Waals surface area contributed by atoms with Crippen LogP contribution in [0.3, 0.4) is 0 Å². The molecular formula is C18H25O8P. The van der Waals surface area contributed by atoms with Gasteiger partial charge in [0.05, 0.1) is 12.7 Å². The van der Waals surface area contributed by atoms with Gasteiger partial charge in [-0.1, -0.05) is 18.2 Å². The Labute approximate surface area is 158 Å². The van der Waals surface area contributed by atoms with Crippen molar-refractivity contribution in [3.63, 3.8) is 0 Å². The zero-order valence-electron chi connectivity index (χ0n) is 15.8. The van der Waals surface area contributed by atoms with Crippen LogP contribution in [0.4, 0.5) is 0 Å². The summed E-state index contributed by atoms with van der Waals surface area (Å²) in [4.78, 5) is 0. The van der Waals surface area contributed by atoms with Crippen LogP contribution in [-0.4, -0.2) is 49.2 Å². The molecule has 4 rings (SSSR count). The molecule has 6 atom stereocenters. The molecule has 3 aliphatic heterocycles. The van der Waals surface area contributed by atoms with E-state index in [0.29, 0.717) is 5.75 Å². The van der Waals surface area contributed by atoms with Crippen molar-refractivity contribution >= 4 is 7.82 Å². The van der Waals surface area contributed by atoms with Crippen LogP contribution in [-0.2, 0) is 32.6 Å². The van der Waals surface area contributed by atoms with E-state index in [1.807, 2.05) is 19.9 Å². The fourth-order valence-electron chi connectivity index (χ4n) is 3.39. The summed E-state index contributed by atoms with van der Waals surface area (Å²) >= 11 is 0. The van der Waals surface area contributed by atoms with Gasteiger partial charge in [-0.15, -0.1) is 0 Å². The van der Waals surface area contributed by atoms with Gasteiger partial charge in [0.15, 0.2) is 12.1 Å². The SMILES string of the molecule is CC(C)OC[C@H]1O[P@@](=O)(Oc2ccccc2)O[C@@H]2[C@H]3OC(C)(C)O[C@H]3O[C@@H]21. The molecule has 3 saturated heterocycles. The predicted molar refractivity (Wildman–Crippen MR) is 94.2 cm³/mol. The first-order valence-electron chi connectivity index (χ1n) is 9.09. The molecule has 0 radical (unpaired) electrons. The van der Waals surface area contributed by atoms with Gasteiger partial charge in [-0.2, -0.15) is 0 Å². The fraction of sp³-hybridized carbons (Fsp3) is 0.667. The lowest BCUT2D eigenvalue weighted by Gasteiger charge is -2.37. The minimum Gasteiger partial charge on any atom is -0.404 e. The van der Waals surface area contributed by atoms with Crippen molar-refractivity contribution in [3.8, 4) is 5.75 Å². The fourth-order valence-corrected chi connectivity index (χ4v) is 4.96. The summed E-state index contributed by atoms with van der Waals surface area (Å²) in [7, 11) is -3.91. The van der Waals surface area contributed by atoms with Gasteiger partial charge in [-0.25, -0.2) is 4.57 Å². The third kappa shape index (κ3) is 4.07. The Morgan fingerprint density at radius 3 is 2.52 bits per heavy atom. The standard InChI is InChI=1S/C18H25O8P/c1-11(2)20-10-13-14-15(16-17(21-14)23-18(3,4)22-16)26-27(19,25-13)24-12-8-6-5-7-9-12/h5-9,11,13-17H,10H2,1-4H3/t13-,14-,15+,16-,17-,27-/m1/s1. The second kappa shape index (κ2) is 7.12. The molecule has 0 N–H and O–H groups in total. The summed E-state index contributed by atoms with van der Waals surface area (Å²) < 4.78 is 53.7. The molecule has 8 nitrogen and oxygen atoms in total. The average Bonchev–Trinajstić information content (AvgIpc) is 3.05. The Bertz CT molecular complexity index is 709. The van der Waals surface area contributed by atoms with E-state index in [4.69, 9.17) is 32.5 Å². The molecule has 0 saturated carbocycles. The number of para-hydroxylation sites is 1. The van der Waals surface area contributed by atoms with E-state index in [9.17, 15) is 4.57 Å². The van der Waals surface area contributed by atoms with E-state index in [0.717, 1.165) is 0 Å². The molecular weight excluding hydrogens is 375 g/mol. The van der Waals surface area contributed by atoms with Crippen molar-refractivity contribution in [3.05, 3.63) is 30.3 Å². The molecule has 1 aromatic rings. The first kappa shape index (κ1) is 19.3. The second-order valence-corrected chi connectivity index (χ2v) is 9.02. The van der Waals surface area contributed by atoms with Crippen molar-refractivity contribution in [2.45, 2.75) is 70.3 Å². The van der Waals surface area contributed by atoms with Gasteiger partial charge in [0.25, 0.3) is 0 Å². The number of hydrogen-bond donors (Lipinski definition) is 0. The highest BCUT2D eigenvalue weighted by molar-refractivity contribution is 7.49. The highest BCUT2D eigenvalue weighted by Gasteiger charge is 2.63. The number of benzene rings is 1. The Kier molecular flexibility index (Phi) is 5.10. The number of rotatable bonds is 5. The summed E-state index contributed by atoms with van der Waals surface area (Å²) in [6, 6.07) is 8.76. The maximum atomic E-state index is 13.3. The molecule has 0 aliphatic carbocycles. The average molecular weight is 400 g/mol. The normalized spacial score (nSPS) is 40.0. The van der Waals surface area contributed by atoms with E-state index < -0.39 is 44.3 Å². The summed E-state index contributed by atoms with van der Waals surface area (Å²) in [6.07, 6.45) is -2.98. The first-order valence-corrected chi connectivity index (χ1v) is 10.5. The zero-order valence-corrected chi connectivity index (χ0v) is 16.7. The highest BCUT2D eigenvalue weighted by Crippen LogP contribution is 2.59. The summed E-state index contributed by atoms with van der Waals surface area (Å²) in [5.74, 6) is -0.418. The monoisotopic (exact) mass is 400 g/mol. The summed E-state index contributed by atoms with van der Waals surface area (Å²) in [5, 5.41) is 0. The van der Waals surface area contributed by atoms with Crippen LogP contribution in [0.1, 0.15) is 27.7 Å². The van der Waals surface area contributed by atoms with Gasteiger partial charge >= 0.3 is 7.82 Å². The lowest BCUT2D eigenvalue weighted by molar-refractivity contribution is -0.234. The third-order valence-electron chi connectivity index (χ3n) is 4.46. The number of phosphoric ester groups is 1. The molecule has 0 bridgehead atoms. The molecule has 0 spiro atoms. The summed E-state index contributed by atoms with van der Waals surface area (Å²) in [6.45, 7) is 7.60. The number of phosphoric acid groups is 1. The Morgan fingerprint density at radius 2 is 1.81 bits per heavy atom. The van der Waals surface area contributed by atoms with Gasteiger partial charge in [0, 0.05) is 0 Å². The maximum absolute atomic E-state index is 13.3. The van der Waals surface area contributed by atoms with Crippen LogP contribution in [0.5, 0.6) is 5.75 Å². The van der Waals surface area contributed by atoms with E-state index in [1.54, 1.807) is 38.1 Å². The van der Waals surface area contributed by atoms with Crippen molar-refractivity contribution in [2.75, 3.05) is 6.61 Å². The predicted octanol–water partition coefficient (Wildman–Crippen LogP) is 3.26. The molecule has 3 aliphatic rings. The van der Waals surface area contributed by atoms with Gasteiger partial charge < -0.3 is 23.5 Å². The molecule has 0 amide bonds. The molecule has 150 valence electrons. The van der Waals surface area contributed by atoms with Gasteiger partial charge in [0.1, 0.15) is 30.2 Å². The van der Waals surface area contributed by atoms with Crippen molar-refractivity contribution in [1.82, 2.24) is 0 Å². The number of fused-ring (bicyclic) bond motifs is 3. The zero-order chi connectivity index (χ0) is 19.2. The van der Waals surface area contributed by atoms with Crippen molar-refractivity contribution < 1.29 is 37.1 Å². The highest BCUT2D eigenvalue weighted by atomic mass is 31.2. The molecule has 27 heavy (non-hydrogen) atoms. The van der Waals surface area contributed by atoms with Gasteiger partial charge in [0.2, 0.25) is 0 Å². The van der Waals surface area contributed by atoms with E-state index in [1.165, 1.54) is 0 Å². The smallest absolute Gasteiger partial charge is 0.404 e. The van der Waals surface area contributed by atoms with Gasteiger partial charge in [-0.05, 0) is 39.8 Å². The largest absolute Gasteiger partial charge is 0.530 e. The Balaban J connectivity index is 1.57. The first-order chi connectivity index (χ1) is 12.7. The lowest BCUT2D eigenvalue weighted by Crippen LogP contribution is -2.49. The molecule has 3 fully saturated rings.